The van der Waals surface area contributed by atoms with Crippen LogP contribution in [-0.2, 0) is 6.54 Å². The van der Waals surface area contributed by atoms with Crippen molar-refractivity contribution in [2.45, 2.75) is 6.54 Å². The molecule has 0 amide bonds. The number of nitrogens with zero attached hydrogens (tertiary/aromatic N) is 2. The summed E-state index contributed by atoms with van der Waals surface area (Å²) in [6.07, 6.45) is 3.66. The Hall–Kier alpha value is -1.55. The average Bonchev–Trinajstić information content (AvgIpc) is 2.39. The van der Waals surface area contributed by atoms with Crippen molar-refractivity contribution in [1.29, 1.82) is 0 Å². The lowest BCUT2D eigenvalue weighted by Gasteiger charge is -2.19. The molecule has 0 saturated carbocycles. The van der Waals surface area contributed by atoms with Crippen LogP contribution in [0.1, 0.15) is 5.56 Å². The van der Waals surface area contributed by atoms with Crippen molar-refractivity contribution in [3.63, 3.8) is 0 Å². The normalized spacial score (nSPS) is 10.2. The number of methoxy groups -OCH3 is 1. The molecule has 0 atom stereocenters. The molecule has 0 radical (unpaired) electrons. The molecule has 0 unspecified atom stereocenters. The third-order valence-corrected chi connectivity index (χ3v) is 3.11. The van der Waals surface area contributed by atoms with Crippen LogP contribution >= 0.6 is 15.9 Å². The first-order chi connectivity index (χ1) is 8.69. The third-order valence-electron chi connectivity index (χ3n) is 2.68. The molecule has 94 valence electrons. The Bertz CT molecular complexity index is 531. The Morgan fingerprint density at radius 1 is 1.28 bits per heavy atom. The fraction of sp³-hybridized carbons (Fsp3) is 0.214. The zero-order chi connectivity index (χ0) is 13.0. The fourth-order valence-corrected chi connectivity index (χ4v) is 2.17. The van der Waals surface area contributed by atoms with Gasteiger partial charge in [0.05, 0.1) is 7.11 Å². The van der Waals surface area contributed by atoms with Crippen LogP contribution in [0.15, 0.2) is 47.2 Å². The van der Waals surface area contributed by atoms with Crippen molar-refractivity contribution < 1.29 is 4.74 Å². The second-order valence-electron chi connectivity index (χ2n) is 4.07. The van der Waals surface area contributed by atoms with E-state index < -0.39 is 0 Å². The summed E-state index contributed by atoms with van der Waals surface area (Å²) in [5.41, 5.74) is 2.28. The summed E-state index contributed by atoms with van der Waals surface area (Å²) in [7, 11) is 3.73. The molecule has 1 heterocycles. The van der Waals surface area contributed by atoms with Gasteiger partial charge in [-0.3, -0.25) is 4.98 Å². The molecule has 0 aliphatic rings. The second kappa shape index (κ2) is 5.87. The maximum atomic E-state index is 5.23. The van der Waals surface area contributed by atoms with Crippen LogP contribution in [0.25, 0.3) is 0 Å². The zero-order valence-electron chi connectivity index (χ0n) is 10.4. The highest BCUT2D eigenvalue weighted by molar-refractivity contribution is 9.10. The highest BCUT2D eigenvalue weighted by Crippen LogP contribution is 2.21. The predicted octanol–water partition coefficient (Wildman–Crippen LogP) is 3.49. The fourth-order valence-electron chi connectivity index (χ4n) is 1.76. The molecule has 0 aliphatic heterocycles. The number of anilines is 1. The highest BCUT2D eigenvalue weighted by atomic mass is 79.9. The first-order valence-corrected chi connectivity index (χ1v) is 6.43. The number of benzene rings is 1. The molecule has 2 aromatic rings. The molecule has 0 N–H and O–H groups in total. The number of ether oxygens (including phenoxy) is 1. The summed E-state index contributed by atoms with van der Waals surface area (Å²) < 4.78 is 6.23. The molecule has 0 fully saturated rings. The summed E-state index contributed by atoms with van der Waals surface area (Å²) in [6, 6.07) is 10.1. The standard InChI is InChI=1S/C14H15BrN2O/c1-17(10-11-6-12(15)9-16-8-11)13-4-3-5-14(7-13)18-2/h3-9H,10H2,1-2H3. The van der Waals surface area contributed by atoms with Gasteiger partial charge in [0, 0.05) is 42.2 Å². The number of aromatic nitrogens is 1. The number of halogens is 1. The Morgan fingerprint density at radius 3 is 2.83 bits per heavy atom. The first kappa shape index (κ1) is 12.9. The van der Waals surface area contributed by atoms with Crippen molar-refractivity contribution in [1.82, 2.24) is 4.98 Å². The lowest BCUT2D eigenvalue weighted by atomic mass is 10.2. The molecule has 3 nitrogen and oxygen atoms in total. The van der Waals surface area contributed by atoms with E-state index in [0.29, 0.717) is 0 Å². The topological polar surface area (TPSA) is 25.4 Å². The minimum atomic E-state index is 0.805. The van der Waals surface area contributed by atoms with Crippen molar-refractivity contribution in [3.8, 4) is 5.75 Å². The van der Waals surface area contributed by atoms with Crippen LogP contribution < -0.4 is 9.64 Å². The largest absolute Gasteiger partial charge is 0.497 e. The lowest BCUT2D eigenvalue weighted by Crippen LogP contribution is -2.16. The van der Waals surface area contributed by atoms with Gasteiger partial charge in [-0.05, 0) is 39.7 Å². The molecule has 0 bridgehead atoms. The van der Waals surface area contributed by atoms with E-state index >= 15 is 0 Å². The smallest absolute Gasteiger partial charge is 0.120 e. The maximum Gasteiger partial charge on any atom is 0.120 e. The summed E-state index contributed by atoms with van der Waals surface area (Å²) in [5.74, 6) is 0.867. The van der Waals surface area contributed by atoms with Gasteiger partial charge in [0.25, 0.3) is 0 Å². The Balaban J connectivity index is 2.13. The van der Waals surface area contributed by atoms with Gasteiger partial charge < -0.3 is 9.64 Å². The van der Waals surface area contributed by atoms with E-state index in [0.717, 1.165) is 28.0 Å². The summed E-state index contributed by atoms with van der Waals surface area (Å²) in [5, 5.41) is 0. The zero-order valence-corrected chi connectivity index (χ0v) is 12.0. The van der Waals surface area contributed by atoms with E-state index in [9.17, 15) is 0 Å². The van der Waals surface area contributed by atoms with Gasteiger partial charge in [-0.1, -0.05) is 6.07 Å². The monoisotopic (exact) mass is 306 g/mol. The Morgan fingerprint density at radius 2 is 2.11 bits per heavy atom. The van der Waals surface area contributed by atoms with E-state index in [1.807, 2.05) is 24.4 Å². The van der Waals surface area contributed by atoms with Crippen molar-refractivity contribution >= 4 is 21.6 Å². The minimum Gasteiger partial charge on any atom is -0.497 e. The highest BCUT2D eigenvalue weighted by Gasteiger charge is 2.04. The minimum absolute atomic E-state index is 0.805. The van der Waals surface area contributed by atoms with Crippen LogP contribution in [0.2, 0.25) is 0 Å². The van der Waals surface area contributed by atoms with Gasteiger partial charge in [0.1, 0.15) is 5.75 Å². The maximum absolute atomic E-state index is 5.23. The number of pyridine rings is 1. The number of hydrogen-bond donors (Lipinski definition) is 0. The van der Waals surface area contributed by atoms with Gasteiger partial charge in [0.15, 0.2) is 0 Å². The van der Waals surface area contributed by atoms with Gasteiger partial charge in [-0.25, -0.2) is 0 Å². The average molecular weight is 307 g/mol. The molecule has 0 spiro atoms. The van der Waals surface area contributed by atoms with E-state index in [1.165, 1.54) is 0 Å². The quantitative estimate of drug-likeness (QED) is 0.864. The second-order valence-corrected chi connectivity index (χ2v) is 4.98. The van der Waals surface area contributed by atoms with Gasteiger partial charge in [-0.15, -0.1) is 0 Å². The molecule has 1 aromatic heterocycles. The SMILES string of the molecule is COc1cccc(N(C)Cc2cncc(Br)c2)c1. The van der Waals surface area contributed by atoms with E-state index in [-0.39, 0.29) is 0 Å². The van der Waals surface area contributed by atoms with Crippen molar-refractivity contribution in [3.05, 3.63) is 52.8 Å². The molecule has 1 aromatic carbocycles. The first-order valence-electron chi connectivity index (χ1n) is 5.63. The van der Waals surface area contributed by atoms with Crippen LogP contribution in [0, 0.1) is 0 Å². The van der Waals surface area contributed by atoms with Gasteiger partial charge >= 0.3 is 0 Å². The molecular formula is C14H15BrN2O. The predicted molar refractivity (Wildman–Crippen MR) is 77.0 cm³/mol. The Labute approximate surface area is 116 Å². The van der Waals surface area contributed by atoms with E-state index in [2.05, 4.69) is 45.0 Å². The Kier molecular flexibility index (Phi) is 4.20. The van der Waals surface area contributed by atoms with Crippen LogP contribution in [0.5, 0.6) is 5.75 Å². The lowest BCUT2D eigenvalue weighted by molar-refractivity contribution is 0.415. The molecule has 2 rings (SSSR count). The summed E-state index contributed by atoms with van der Waals surface area (Å²) in [4.78, 5) is 6.33. The van der Waals surface area contributed by atoms with Crippen molar-refractivity contribution in [2.24, 2.45) is 0 Å². The third kappa shape index (κ3) is 3.23. The van der Waals surface area contributed by atoms with E-state index in [1.54, 1.807) is 13.3 Å². The summed E-state index contributed by atoms with van der Waals surface area (Å²) in [6.45, 7) is 0.805. The van der Waals surface area contributed by atoms with Crippen LogP contribution in [-0.4, -0.2) is 19.1 Å². The number of hydrogen-bond acceptors (Lipinski definition) is 3. The van der Waals surface area contributed by atoms with E-state index in [4.69, 9.17) is 4.74 Å². The number of rotatable bonds is 4. The summed E-state index contributed by atoms with van der Waals surface area (Å²) >= 11 is 3.43. The van der Waals surface area contributed by atoms with Crippen LogP contribution in [0.4, 0.5) is 5.69 Å². The van der Waals surface area contributed by atoms with Gasteiger partial charge in [-0.2, -0.15) is 0 Å². The molecular weight excluding hydrogens is 292 g/mol. The molecule has 18 heavy (non-hydrogen) atoms. The van der Waals surface area contributed by atoms with Gasteiger partial charge in [0.2, 0.25) is 0 Å². The molecule has 0 saturated heterocycles. The molecule has 4 heteroatoms. The van der Waals surface area contributed by atoms with Crippen molar-refractivity contribution in [2.75, 3.05) is 19.1 Å². The van der Waals surface area contributed by atoms with Crippen LogP contribution in [0.3, 0.4) is 0 Å². The molecule has 0 aliphatic carbocycles.